The van der Waals surface area contributed by atoms with Crippen molar-refractivity contribution in [3.63, 3.8) is 0 Å². The maximum absolute atomic E-state index is 9.45. The van der Waals surface area contributed by atoms with Crippen LogP contribution in [0.1, 0.15) is 5.56 Å². The number of fused-ring (bicyclic) bond motifs is 2. The fraction of sp³-hybridized carbons (Fsp3) is 0.0909. The van der Waals surface area contributed by atoms with Gasteiger partial charge in [-0.3, -0.25) is 0 Å². The van der Waals surface area contributed by atoms with Crippen LogP contribution in [-0.4, -0.2) is 33.8 Å². The molecule has 0 spiro atoms. The van der Waals surface area contributed by atoms with Crippen molar-refractivity contribution >= 4 is 28.1 Å². The molecule has 5 rings (SSSR count). The van der Waals surface area contributed by atoms with E-state index < -0.39 is 0 Å². The van der Waals surface area contributed by atoms with Gasteiger partial charge in [0.2, 0.25) is 0 Å². The van der Waals surface area contributed by atoms with Gasteiger partial charge in [0.15, 0.2) is 23.0 Å². The predicted molar refractivity (Wildman–Crippen MR) is 114 cm³/mol. The normalized spacial score (nSPS) is 11.0. The number of ether oxygens (including phenoxy) is 2. The third kappa shape index (κ3) is 2.72. The molecule has 0 atom stereocenters. The highest BCUT2D eigenvalue weighted by Gasteiger charge is 2.18. The van der Waals surface area contributed by atoms with Crippen molar-refractivity contribution < 1.29 is 9.47 Å². The van der Waals surface area contributed by atoms with E-state index >= 15 is 0 Å². The molecule has 3 heterocycles. The van der Waals surface area contributed by atoms with Gasteiger partial charge in [-0.05, 0) is 29.7 Å². The number of hydrogen-bond donors (Lipinski definition) is 3. The fourth-order valence-electron chi connectivity index (χ4n) is 3.58. The van der Waals surface area contributed by atoms with Crippen molar-refractivity contribution in [2.45, 2.75) is 0 Å². The Bertz CT molecular complexity index is 1420. The van der Waals surface area contributed by atoms with Crippen molar-refractivity contribution in [1.29, 1.82) is 5.26 Å². The largest absolute Gasteiger partial charge is 0.493 e. The zero-order valence-corrected chi connectivity index (χ0v) is 16.4. The molecule has 0 fully saturated rings. The lowest BCUT2D eigenvalue weighted by Gasteiger charge is -2.12. The van der Waals surface area contributed by atoms with Crippen LogP contribution in [0.2, 0.25) is 0 Å². The lowest BCUT2D eigenvalue weighted by atomic mass is 10.1. The summed E-state index contributed by atoms with van der Waals surface area (Å²) in [7, 11) is 3.20. The molecule has 3 aromatic heterocycles. The molecule has 0 bridgehead atoms. The maximum Gasteiger partial charge on any atom is 0.162 e. The highest BCUT2D eigenvalue weighted by Crippen LogP contribution is 2.36. The van der Waals surface area contributed by atoms with Crippen LogP contribution in [0.25, 0.3) is 27.8 Å². The van der Waals surface area contributed by atoms with Gasteiger partial charge in [-0.2, -0.15) is 14.9 Å². The Hall–Kier alpha value is -4.38. The number of rotatable bonds is 5. The van der Waals surface area contributed by atoms with Crippen LogP contribution in [0.5, 0.6) is 11.5 Å². The monoisotopic (exact) mass is 398 g/mol. The molecule has 3 N–H and O–H groups in total. The van der Waals surface area contributed by atoms with Gasteiger partial charge < -0.3 is 24.8 Å². The van der Waals surface area contributed by atoms with Crippen molar-refractivity contribution in [2.75, 3.05) is 19.5 Å². The Morgan fingerprint density at radius 2 is 1.93 bits per heavy atom. The molecule has 0 unspecified atom stereocenters. The minimum atomic E-state index is 0.470. The van der Waals surface area contributed by atoms with E-state index in [2.05, 4.69) is 38.6 Å². The topological polar surface area (TPSA) is 103 Å². The Morgan fingerprint density at radius 1 is 1.07 bits per heavy atom. The highest BCUT2D eigenvalue weighted by atomic mass is 16.5. The van der Waals surface area contributed by atoms with E-state index in [-0.39, 0.29) is 0 Å². The third-order valence-corrected chi connectivity index (χ3v) is 5.07. The quantitative estimate of drug-likeness (QED) is 0.406. The molecule has 0 aliphatic heterocycles. The molecule has 0 aliphatic carbocycles. The summed E-state index contributed by atoms with van der Waals surface area (Å²) in [5.41, 5.74) is 4.70. The van der Waals surface area contributed by atoms with Crippen LogP contribution in [0.4, 0.5) is 11.5 Å². The van der Waals surface area contributed by atoms with E-state index in [1.165, 1.54) is 0 Å². The molecule has 0 radical (unpaired) electrons. The first-order chi connectivity index (χ1) is 14.7. The van der Waals surface area contributed by atoms with Crippen LogP contribution >= 0.6 is 0 Å². The van der Waals surface area contributed by atoms with E-state index in [9.17, 15) is 5.26 Å². The van der Waals surface area contributed by atoms with Gasteiger partial charge in [0.25, 0.3) is 0 Å². The molecule has 8 nitrogen and oxygen atoms in total. The number of benzene rings is 2. The number of methoxy groups -OCH3 is 2. The van der Waals surface area contributed by atoms with Gasteiger partial charge in [-0.1, -0.05) is 12.1 Å². The average Bonchev–Trinajstić information content (AvgIpc) is 3.48. The Labute approximate surface area is 171 Å². The summed E-state index contributed by atoms with van der Waals surface area (Å²) in [5, 5.41) is 18.4. The summed E-state index contributed by atoms with van der Waals surface area (Å²) in [6.45, 7) is 0. The van der Waals surface area contributed by atoms with Crippen molar-refractivity contribution in [3.05, 3.63) is 60.4 Å². The molecule has 0 saturated carbocycles. The lowest BCUT2D eigenvalue weighted by Crippen LogP contribution is -1.99. The number of anilines is 2. The fourth-order valence-corrected chi connectivity index (χ4v) is 3.58. The molecule has 2 aromatic carbocycles. The molecule has 0 aliphatic rings. The zero-order chi connectivity index (χ0) is 20.7. The second kappa shape index (κ2) is 6.90. The second-order valence-corrected chi connectivity index (χ2v) is 6.75. The summed E-state index contributed by atoms with van der Waals surface area (Å²) >= 11 is 0. The van der Waals surface area contributed by atoms with Gasteiger partial charge in [0, 0.05) is 29.0 Å². The summed E-state index contributed by atoms with van der Waals surface area (Å²) < 4.78 is 12.4. The highest BCUT2D eigenvalue weighted by molar-refractivity contribution is 5.88. The number of nitrogens with one attached hydrogen (secondary N) is 3. The summed E-state index contributed by atoms with van der Waals surface area (Å²) in [6.07, 6.45) is 3.45. The van der Waals surface area contributed by atoms with Gasteiger partial charge in [-0.15, -0.1) is 0 Å². The molecule has 148 valence electrons. The number of aromatic amines is 2. The number of H-pyrrole nitrogens is 2. The van der Waals surface area contributed by atoms with Crippen LogP contribution in [0.15, 0.2) is 54.9 Å². The summed E-state index contributed by atoms with van der Waals surface area (Å²) in [6, 6.07) is 15.9. The van der Waals surface area contributed by atoms with Crippen LogP contribution in [-0.2, 0) is 0 Å². The number of imidazole rings is 1. The average molecular weight is 398 g/mol. The molecular formula is C22H18N6O2. The van der Waals surface area contributed by atoms with E-state index in [0.29, 0.717) is 28.5 Å². The van der Waals surface area contributed by atoms with Crippen LogP contribution < -0.4 is 14.8 Å². The Morgan fingerprint density at radius 3 is 2.73 bits per heavy atom. The van der Waals surface area contributed by atoms with E-state index in [4.69, 9.17) is 9.47 Å². The first-order valence-corrected chi connectivity index (χ1v) is 9.28. The van der Waals surface area contributed by atoms with Gasteiger partial charge in [-0.25, -0.2) is 0 Å². The summed E-state index contributed by atoms with van der Waals surface area (Å²) in [4.78, 5) is 6.59. The number of hydrogen-bond acceptors (Lipinski definition) is 5. The Kier molecular flexibility index (Phi) is 4.07. The van der Waals surface area contributed by atoms with Gasteiger partial charge in [0.1, 0.15) is 11.6 Å². The minimum absolute atomic E-state index is 0.470. The van der Waals surface area contributed by atoms with E-state index in [0.717, 1.165) is 27.8 Å². The first-order valence-electron chi connectivity index (χ1n) is 9.28. The molecule has 0 amide bonds. The van der Waals surface area contributed by atoms with Crippen LogP contribution in [0, 0.1) is 11.3 Å². The smallest absolute Gasteiger partial charge is 0.162 e. The van der Waals surface area contributed by atoms with Crippen LogP contribution in [0.3, 0.4) is 0 Å². The van der Waals surface area contributed by atoms with Gasteiger partial charge in [0.05, 0.1) is 26.1 Å². The first kappa shape index (κ1) is 17.7. The minimum Gasteiger partial charge on any atom is -0.493 e. The number of nitriles is 1. The molecule has 5 aromatic rings. The SMILES string of the molecule is COc1ccc(Nc2c(-c3ccc4cc[nH]c4c3)[nH]c3c(C#N)cnn23)cc1OC. The Balaban J connectivity index is 1.67. The lowest BCUT2D eigenvalue weighted by molar-refractivity contribution is 0.355. The number of aromatic nitrogens is 4. The van der Waals surface area contributed by atoms with Crippen molar-refractivity contribution in [3.8, 4) is 28.8 Å². The van der Waals surface area contributed by atoms with Crippen molar-refractivity contribution in [1.82, 2.24) is 19.6 Å². The second-order valence-electron chi connectivity index (χ2n) is 6.75. The molecule has 0 saturated heterocycles. The van der Waals surface area contributed by atoms with E-state index in [1.807, 2.05) is 36.5 Å². The zero-order valence-electron chi connectivity index (χ0n) is 16.4. The maximum atomic E-state index is 9.45. The summed E-state index contributed by atoms with van der Waals surface area (Å²) in [5.74, 6) is 1.97. The standard InChI is InChI=1S/C22H18N6O2/c1-29-18-6-5-16(10-19(18)30-2)26-22-20(27-21-15(11-23)12-25-28(21)22)14-4-3-13-7-8-24-17(13)9-14/h3-10,12,24,26-27H,1-2H3. The van der Waals surface area contributed by atoms with E-state index in [1.54, 1.807) is 24.9 Å². The predicted octanol–water partition coefficient (Wildman–Crippen LogP) is 4.44. The molecular weight excluding hydrogens is 380 g/mol. The molecule has 30 heavy (non-hydrogen) atoms. The van der Waals surface area contributed by atoms with Crippen molar-refractivity contribution in [2.24, 2.45) is 0 Å². The number of nitrogens with zero attached hydrogens (tertiary/aromatic N) is 3. The molecule has 8 heteroatoms. The third-order valence-electron chi connectivity index (χ3n) is 5.07. The van der Waals surface area contributed by atoms with Gasteiger partial charge >= 0.3 is 0 Å².